The normalized spacial score (nSPS) is 12.6. The topological polar surface area (TPSA) is 72.9 Å². The molecule has 19 heavy (non-hydrogen) atoms. The predicted octanol–water partition coefficient (Wildman–Crippen LogP) is 2.19. The Morgan fingerprint density at radius 3 is 2.74 bits per heavy atom. The highest BCUT2D eigenvalue weighted by molar-refractivity contribution is 7.10. The minimum Gasteiger partial charge on any atom is -0.383 e. The molecular formula is C13H18N4OS. The predicted molar refractivity (Wildman–Crippen MR) is 77.0 cm³/mol. The zero-order chi connectivity index (χ0) is 14.0. The molecule has 0 fully saturated rings. The van der Waals surface area contributed by atoms with E-state index in [1.165, 1.54) is 10.9 Å². The average Bonchev–Trinajstić information content (AvgIpc) is 2.98. The molecule has 0 radical (unpaired) electrons. The van der Waals surface area contributed by atoms with E-state index < -0.39 is 0 Å². The Morgan fingerprint density at radius 2 is 2.26 bits per heavy atom. The number of hydrogen-bond donors (Lipinski definition) is 2. The van der Waals surface area contributed by atoms with Crippen molar-refractivity contribution in [2.75, 3.05) is 5.73 Å². The standard InChI is InChI=1S/C13H18N4OS/c1-8(2)11(10-5-4-6-19-10)16-13(18)9-7-15-17(3)12(9)14/h4-8,11H,14H2,1-3H3,(H,16,18). The zero-order valence-electron chi connectivity index (χ0n) is 11.3. The van der Waals surface area contributed by atoms with E-state index in [0.29, 0.717) is 17.3 Å². The third kappa shape index (κ3) is 2.78. The van der Waals surface area contributed by atoms with Gasteiger partial charge in [-0.05, 0) is 17.4 Å². The van der Waals surface area contributed by atoms with Gasteiger partial charge < -0.3 is 11.1 Å². The van der Waals surface area contributed by atoms with Crippen molar-refractivity contribution in [2.24, 2.45) is 13.0 Å². The highest BCUT2D eigenvalue weighted by Crippen LogP contribution is 2.26. The Balaban J connectivity index is 2.19. The number of carbonyl (C=O) groups excluding carboxylic acids is 1. The van der Waals surface area contributed by atoms with Crippen LogP contribution in [0.1, 0.15) is 35.1 Å². The molecule has 5 nitrogen and oxygen atoms in total. The monoisotopic (exact) mass is 278 g/mol. The van der Waals surface area contributed by atoms with Gasteiger partial charge in [-0.15, -0.1) is 11.3 Å². The first-order chi connectivity index (χ1) is 9.00. The average molecular weight is 278 g/mol. The van der Waals surface area contributed by atoms with E-state index >= 15 is 0 Å². The van der Waals surface area contributed by atoms with Crippen LogP contribution in [0.4, 0.5) is 5.82 Å². The molecule has 0 aromatic carbocycles. The van der Waals surface area contributed by atoms with Gasteiger partial charge in [0, 0.05) is 11.9 Å². The number of aryl methyl sites for hydroxylation is 1. The van der Waals surface area contributed by atoms with Crippen LogP contribution in [0.2, 0.25) is 0 Å². The van der Waals surface area contributed by atoms with Gasteiger partial charge in [0.15, 0.2) is 0 Å². The van der Waals surface area contributed by atoms with Gasteiger partial charge in [0.25, 0.3) is 5.91 Å². The molecule has 0 bridgehead atoms. The molecule has 0 saturated heterocycles. The van der Waals surface area contributed by atoms with Crippen LogP contribution >= 0.6 is 11.3 Å². The van der Waals surface area contributed by atoms with Crippen molar-refractivity contribution >= 4 is 23.1 Å². The van der Waals surface area contributed by atoms with E-state index in [0.717, 1.165) is 4.88 Å². The first-order valence-corrected chi connectivity index (χ1v) is 7.00. The highest BCUT2D eigenvalue weighted by Gasteiger charge is 2.22. The molecule has 1 unspecified atom stereocenters. The number of nitrogen functional groups attached to an aromatic ring is 1. The van der Waals surface area contributed by atoms with Crippen LogP contribution in [0.25, 0.3) is 0 Å². The molecule has 1 atom stereocenters. The molecule has 2 aromatic rings. The second-order valence-electron chi connectivity index (χ2n) is 4.78. The number of nitrogens with one attached hydrogen (secondary N) is 1. The Kier molecular flexibility index (Phi) is 3.90. The summed E-state index contributed by atoms with van der Waals surface area (Å²) in [6.45, 7) is 4.16. The van der Waals surface area contributed by atoms with Gasteiger partial charge in [0.2, 0.25) is 0 Å². The first kappa shape index (κ1) is 13.6. The van der Waals surface area contributed by atoms with E-state index in [9.17, 15) is 4.79 Å². The van der Waals surface area contributed by atoms with Crippen molar-refractivity contribution in [3.05, 3.63) is 34.2 Å². The van der Waals surface area contributed by atoms with E-state index in [-0.39, 0.29) is 11.9 Å². The maximum Gasteiger partial charge on any atom is 0.257 e. The van der Waals surface area contributed by atoms with Crippen molar-refractivity contribution in [2.45, 2.75) is 19.9 Å². The Bertz CT molecular complexity index is 559. The molecular weight excluding hydrogens is 260 g/mol. The summed E-state index contributed by atoms with van der Waals surface area (Å²) in [6, 6.07) is 4.01. The summed E-state index contributed by atoms with van der Waals surface area (Å²) in [7, 11) is 1.71. The van der Waals surface area contributed by atoms with Gasteiger partial charge in [-0.25, -0.2) is 0 Å². The van der Waals surface area contributed by atoms with Crippen molar-refractivity contribution < 1.29 is 4.79 Å². The molecule has 3 N–H and O–H groups in total. The molecule has 0 saturated carbocycles. The van der Waals surface area contributed by atoms with Crippen molar-refractivity contribution in [1.82, 2.24) is 15.1 Å². The summed E-state index contributed by atoms with van der Waals surface area (Å²) in [5.41, 5.74) is 6.24. The van der Waals surface area contributed by atoms with Crippen molar-refractivity contribution in [3.63, 3.8) is 0 Å². The number of nitrogens with zero attached hydrogens (tertiary/aromatic N) is 2. The van der Waals surface area contributed by atoms with Gasteiger partial charge in [-0.1, -0.05) is 19.9 Å². The summed E-state index contributed by atoms with van der Waals surface area (Å²) in [5, 5.41) is 9.02. The van der Waals surface area contributed by atoms with Crippen molar-refractivity contribution in [3.8, 4) is 0 Å². The number of aromatic nitrogens is 2. The van der Waals surface area contributed by atoms with Crippen LogP contribution in [-0.4, -0.2) is 15.7 Å². The van der Waals surface area contributed by atoms with Gasteiger partial charge in [0.05, 0.1) is 12.2 Å². The van der Waals surface area contributed by atoms with Crippen LogP contribution in [0.3, 0.4) is 0 Å². The fraction of sp³-hybridized carbons (Fsp3) is 0.385. The van der Waals surface area contributed by atoms with Gasteiger partial charge >= 0.3 is 0 Å². The van der Waals surface area contributed by atoms with Gasteiger partial charge in [-0.3, -0.25) is 9.48 Å². The second kappa shape index (κ2) is 5.44. The lowest BCUT2D eigenvalue weighted by Crippen LogP contribution is -2.31. The van der Waals surface area contributed by atoms with E-state index in [1.807, 2.05) is 17.5 Å². The molecule has 0 spiro atoms. The number of hydrogen-bond acceptors (Lipinski definition) is 4. The SMILES string of the molecule is CC(C)C(NC(=O)c1cnn(C)c1N)c1cccs1. The molecule has 1 amide bonds. The minimum atomic E-state index is -0.183. The largest absolute Gasteiger partial charge is 0.383 e. The lowest BCUT2D eigenvalue weighted by atomic mass is 10.0. The fourth-order valence-corrected chi connectivity index (χ4v) is 2.82. The van der Waals surface area contributed by atoms with Crippen molar-refractivity contribution in [1.29, 1.82) is 0 Å². The molecule has 0 aliphatic rings. The minimum absolute atomic E-state index is 0.00731. The summed E-state index contributed by atoms with van der Waals surface area (Å²) >= 11 is 1.64. The Morgan fingerprint density at radius 1 is 1.53 bits per heavy atom. The van der Waals surface area contributed by atoms with Gasteiger partial charge in [0.1, 0.15) is 11.4 Å². The number of carbonyl (C=O) groups is 1. The van der Waals surface area contributed by atoms with Crippen LogP contribution in [0, 0.1) is 5.92 Å². The Hall–Kier alpha value is -1.82. The Labute approximate surface area is 116 Å². The van der Waals surface area contributed by atoms with E-state index in [2.05, 4.69) is 24.3 Å². The maximum atomic E-state index is 12.2. The fourth-order valence-electron chi connectivity index (χ4n) is 1.88. The summed E-state index contributed by atoms with van der Waals surface area (Å²) in [4.78, 5) is 13.4. The summed E-state index contributed by atoms with van der Waals surface area (Å²) in [6.07, 6.45) is 1.50. The van der Waals surface area contributed by atoms with Crippen LogP contribution in [0.5, 0.6) is 0 Å². The van der Waals surface area contributed by atoms with Crippen LogP contribution < -0.4 is 11.1 Å². The molecule has 0 aliphatic carbocycles. The summed E-state index contributed by atoms with van der Waals surface area (Å²) < 4.78 is 1.49. The lowest BCUT2D eigenvalue weighted by molar-refractivity contribution is 0.0927. The molecule has 2 rings (SSSR count). The second-order valence-corrected chi connectivity index (χ2v) is 5.76. The third-order valence-electron chi connectivity index (χ3n) is 3.03. The van der Waals surface area contributed by atoms with Gasteiger partial charge in [-0.2, -0.15) is 5.10 Å². The molecule has 2 aromatic heterocycles. The van der Waals surface area contributed by atoms with E-state index in [4.69, 9.17) is 5.73 Å². The van der Waals surface area contributed by atoms with Crippen LogP contribution in [0.15, 0.2) is 23.7 Å². The van der Waals surface area contributed by atoms with E-state index in [1.54, 1.807) is 18.4 Å². The number of thiophene rings is 1. The molecule has 102 valence electrons. The highest BCUT2D eigenvalue weighted by atomic mass is 32.1. The third-order valence-corrected chi connectivity index (χ3v) is 3.99. The lowest BCUT2D eigenvalue weighted by Gasteiger charge is -2.21. The quantitative estimate of drug-likeness (QED) is 0.900. The smallest absolute Gasteiger partial charge is 0.257 e. The number of anilines is 1. The number of amides is 1. The maximum absolute atomic E-state index is 12.2. The number of nitrogens with two attached hydrogens (primary N) is 1. The van der Waals surface area contributed by atoms with Crippen LogP contribution in [-0.2, 0) is 7.05 Å². The first-order valence-electron chi connectivity index (χ1n) is 6.12. The number of rotatable bonds is 4. The zero-order valence-corrected chi connectivity index (χ0v) is 12.1. The molecule has 0 aliphatic heterocycles. The molecule has 6 heteroatoms. The summed E-state index contributed by atoms with van der Waals surface area (Å²) in [5.74, 6) is 0.504. The molecule has 2 heterocycles.